The molecule has 0 radical (unpaired) electrons. The van der Waals surface area contributed by atoms with Gasteiger partial charge in [0.2, 0.25) is 0 Å². The molecule has 2 fully saturated rings. The number of aromatic hydroxyl groups is 1. The van der Waals surface area contributed by atoms with Crippen LogP contribution < -0.4 is 10.5 Å². The smallest absolute Gasteiger partial charge is 0.257 e. The van der Waals surface area contributed by atoms with Crippen molar-refractivity contribution < 1.29 is 9.50 Å². The summed E-state index contributed by atoms with van der Waals surface area (Å²) in [5, 5.41) is 18.9. The first-order valence-electron chi connectivity index (χ1n) is 9.92. The molecular weight excluding hydrogens is 373 g/mol. The average molecular weight is 395 g/mol. The number of nitrogens with zero attached hydrogens (tertiary/aromatic N) is 5. The van der Waals surface area contributed by atoms with Gasteiger partial charge >= 0.3 is 0 Å². The van der Waals surface area contributed by atoms with Crippen molar-refractivity contribution in [1.82, 2.24) is 19.6 Å². The van der Waals surface area contributed by atoms with Gasteiger partial charge < -0.3 is 10.0 Å². The lowest BCUT2D eigenvalue weighted by atomic mass is 9.83. The molecule has 3 aromatic heterocycles. The predicted octanol–water partition coefficient (Wildman–Crippen LogP) is 2.82. The highest BCUT2D eigenvalue weighted by atomic mass is 19.1. The molecular formula is C21H22FN5O2. The molecule has 0 spiro atoms. The van der Waals surface area contributed by atoms with Crippen LogP contribution in [-0.4, -0.2) is 43.9 Å². The number of hydrogen-bond acceptors (Lipinski definition) is 6. The number of halogens is 1. The Bertz CT molecular complexity index is 1120. The van der Waals surface area contributed by atoms with Gasteiger partial charge in [0.1, 0.15) is 17.6 Å². The van der Waals surface area contributed by atoms with Crippen LogP contribution in [0.2, 0.25) is 0 Å². The van der Waals surface area contributed by atoms with E-state index < -0.39 is 6.17 Å². The normalized spacial score (nSPS) is 26.0. The van der Waals surface area contributed by atoms with Gasteiger partial charge in [0, 0.05) is 31.6 Å². The van der Waals surface area contributed by atoms with Gasteiger partial charge in [0.05, 0.1) is 17.3 Å². The summed E-state index contributed by atoms with van der Waals surface area (Å²) < 4.78 is 16.2. The van der Waals surface area contributed by atoms with Crippen molar-refractivity contribution in [2.75, 3.05) is 11.9 Å². The minimum absolute atomic E-state index is 0.0359. The summed E-state index contributed by atoms with van der Waals surface area (Å²) in [7, 11) is 1.87. The van der Waals surface area contributed by atoms with E-state index in [1.165, 1.54) is 28.9 Å². The van der Waals surface area contributed by atoms with Crippen LogP contribution in [0.25, 0.3) is 16.9 Å². The highest BCUT2D eigenvalue weighted by Gasteiger charge is 2.44. The van der Waals surface area contributed by atoms with Crippen molar-refractivity contribution in [2.24, 2.45) is 11.8 Å². The first kappa shape index (κ1) is 18.0. The largest absolute Gasteiger partial charge is 0.507 e. The fourth-order valence-electron chi connectivity index (χ4n) is 4.86. The van der Waals surface area contributed by atoms with E-state index in [2.05, 4.69) is 15.2 Å². The fourth-order valence-corrected chi connectivity index (χ4v) is 4.86. The first-order valence-corrected chi connectivity index (χ1v) is 9.92. The lowest BCUT2D eigenvalue weighted by Gasteiger charge is -2.38. The Morgan fingerprint density at radius 3 is 2.86 bits per heavy atom. The van der Waals surface area contributed by atoms with E-state index in [-0.39, 0.29) is 23.3 Å². The van der Waals surface area contributed by atoms with Gasteiger partial charge in [0.25, 0.3) is 5.56 Å². The average Bonchev–Trinajstić information content (AvgIpc) is 3.14. The van der Waals surface area contributed by atoms with E-state index in [4.69, 9.17) is 0 Å². The second-order valence-electron chi connectivity index (χ2n) is 8.16. The number of fused-ring (bicyclic) bond motifs is 3. The second kappa shape index (κ2) is 6.79. The lowest BCUT2D eigenvalue weighted by Crippen LogP contribution is -2.46. The number of aromatic nitrogens is 4. The molecule has 29 heavy (non-hydrogen) atoms. The van der Waals surface area contributed by atoms with Crippen molar-refractivity contribution in [1.29, 1.82) is 0 Å². The standard InChI is InChI=1S/C21H22FN5O2/c1-26(16-9-12-2-3-13(8-12)21(16)22)18-5-4-15(24-25-18)14-11-27-19(10-17(14)28)23-7-6-20(27)29/h4-7,10-13,16,21,28H,2-3,8-9H2,1H3/t12-,13+,16+,21-/m1/s1. The molecule has 3 heterocycles. The van der Waals surface area contributed by atoms with Crippen molar-refractivity contribution in [3.63, 3.8) is 0 Å². The maximum atomic E-state index is 14.9. The van der Waals surface area contributed by atoms with E-state index in [9.17, 15) is 14.3 Å². The minimum Gasteiger partial charge on any atom is -0.507 e. The van der Waals surface area contributed by atoms with Crippen LogP contribution in [0.5, 0.6) is 5.75 Å². The van der Waals surface area contributed by atoms with Crippen molar-refractivity contribution in [3.05, 3.63) is 47.0 Å². The summed E-state index contributed by atoms with van der Waals surface area (Å²) in [4.78, 5) is 18.0. The molecule has 5 rings (SSSR count). The van der Waals surface area contributed by atoms with Gasteiger partial charge in [-0.2, -0.15) is 0 Å². The van der Waals surface area contributed by atoms with E-state index in [0.717, 1.165) is 25.7 Å². The van der Waals surface area contributed by atoms with Gasteiger partial charge in [-0.25, -0.2) is 9.37 Å². The highest BCUT2D eigenvalue weighted by molar-refractivity contribution is 5.69. The molecule has 0 amide bonds. The Hall–Kier alpha value is -3.03. The van der Waals surface area contributed by atoms with Crippen LogP contribution in [0, 0.1) is 11.8 Å². The summed E-state index contributed by atoms with van der Waals surface area (Å²) >= 11 is 0. The summed E-state index contributed by atoms with van der Waals surface area (Å²) in [6.45, 7) is 0. The molecule has 4 atom stereocenters. The maximum Gasteiger partial charge on any atom is 0.257 e. The summed E-state index contributed by atoms with van der Waals surface area (Å²) in [5.41, 5.74) is 0.914. The molecule has 0 aromatic carbocycles. The summed E-state index contributed by atoms with van der Waals surface area (Å²) in [6.07, 6.45) is 6.01. The molecule has 0 unspecified atom stereocenters. The zero-order valence-electron chi connectivity index (χ0n) is 16.1. The van der Waals surface area contributed by atoms with Gasteiger partial charge in [-0.1, -0.05) is 0 Å². The quantitative estimate of drug-likeness (QED) is 0.734. The first-order chi connectivity index (χ1) is 14.0. The van der Waals surface area contributed by atoms with Crippen LogP contribution in [0.4, 0.5) is 10.2 Å². The topological polar surface area (TPSA) is 83.6 Å². The number of alkyl halides is 1. The third-order valence-corrected chi connectivity index (χ3v) is 6.47. The Labute approximate surface area is 166 Å². The molecule has 8 heteroatoms. The zero-order chi connectivity index (χ0) is 20.1. The third kappa shape index (κ3) is 3.03. The molecule has 0 saturated heterocycles. The van der Waals surface area contributed by atoms with Crippen LogP contribution >= 0.6 is 0 Å². The predicted molar refractivity (Wildman–Crippen MR) is 107 cm³/mol. The molecule has 2 aliphatic rings. The second-order valence-corrected chi connectivity index (χ2v) is 8.16. The van der Waals surface area contributed by atoms with Gasteiger partial charge in [-0.3, -0.25) is 9.20 Å². The van der Waals surface area contributed by atoms with Gasteiger partial charge in [0.15, 0.2) is 5.82 Å². The van der Waals surface area contributed by atoms with E-state index in [1.807, 2.05) is 11.9 Å². The number of rotatable bonds is 3. The van der Waals surface area contributed by atoms with Crippen LogP contribution in [0.15, 0.2) is 41.5 Å². The van der Waals surface area contributed by atoms with Gasteiger partial charge in [-0.15, -0.1) is 10.2 Å². The van der Waals surface area contributed by atoms with Crippen LogP contribution in [0.1, 0.15) is 25.7 Å². The Balaban J connectivity index is 1.45. The summed E-state index contributed by atoms with van der Waals surface area (Å²) in [6, 6.07) is 6.10. The van der Waals surface area contributed by atoms with E-state index in [1.54, 1.807) is 12.1 Å². The number of anilines is 1. The molecule has 1 N–H and O–H groups in total. The molecule has 2 aliphatic carbocycles. The fraction of sp³-hybridized carbons (Fsp3) is 0.429. The molecule has 2 saturated carbocycles. The summed E-state index contributed by atoms with van der Waals surface area (Å²) in [5.74, 6) is 1.33. The maximum absolute atomic E-state index is 14.9. The van der Waals surface area contributed by atoms with Crippen molar-refractivity contribution in [2.45, 2.75) is 37.9 Å². The monoisotopic (exact) mass is 395 g/mol. The minimum atomic E-state index is -0.843. The lowest BCUT2D eigenvalue weighted by molar-refractivity contribution is 0.144. The SMILES string of the molecule is CN(c1ccc(-c2cn3c(=O)ccnc3cc2O)nn1)[C@H]1C[C@@H]2CC[C@@H](C2)[C@H]1F. The molecule has 7 nitrogen and oxygen atoms in total. The highest BCUT2D eigenvalue weighted by Crippen LogP contribution is 2.45. The van der Waals surface area contributed by atoms with E-state index >= 15 is 0 Å². The molecule has 3 aromatic rings. The molecule has 0 aliphatic heterocycles. The number of pyridine rings is 1. The van der Waals surface area contributed by atoms with Crippen molar-refractivity contribution >= 4 is 11.5 Å². The molecule has 150 valence electrons. The van der Waals surface area contributed by atoms with E-state index in [0.29, 0.717) is 28.6 Å². The van der Waals surface area contributed by atoms with Crippen molar-refractivity contribution in [3.8, 4) is 17.0 Å². The zero-order valence-corrected chi connectivity index (χ0v) is 16.1. The van der Waals surface area contributed by atoms with Gasteiger partial charge in [-0.05, 0) is 49.7 Å². The molecule has 2 bridgehead atoms. The van der Waals surface area contributed by atoms with Crippen LogP contribution in [0.3, 0.4) is 0 Å². The Morgan fingerprint density at radius 2 is 2.07 bits per heavy atom. The van der Waals surface area contributed by atoms with Crippen LogP contribution in [-0.2, 0) is 0 Å². The third-order valence-electron chi connectivity index (χ3n) is 6.47. The Kier molecular flexibility index (Phi) is 4.22. The Morgan fingerprint density at radius 1 is 1.21 bits per heavy atom. The number of hydrogen-bond donors (Lipinski definition) is 1.